The van der Waals surface area contributed by atoms with Crippen LogP contribution in [0, 0.1) is 5.92 Å². The Hall–Kier alpha value is -3.78. The first-order valence-corrected chi connectivity index (χ1v) is 12.7. The lowest BCUT2D eigenvalue weighted by atomic mass is 9.82. The standard InChI is InChI=1S/C29H33N3O5/c1-18(19-11-5-3-6-12-19)31-27(35)24-21-15-9-10-16-22(21)32-26(20-13-7-4-8-14-20)25(24)29(2,28(36)37)30-17-23(33)34/h4,7-10,13-16,18-19,30H,3,5-6,11-12,17H2,1-2H3,(H,31,35)(H,33,34)(H,36,37)/t18-,29?/m0/s1. The van der Waals surface area contributed by atoms with Crippen molar-refractivity contribution < 1.29 is 24.6 Å². The highest BCUT2D eigenvalue weighted by Crippen LogP contribution is 2.38. The van der Waals surface area contributed by atoms with Crippen molar-refractivity contribution in [3.63, 3.8) is 0 Å². The van der Waals surface area contributed by atoms with Crippen LogP contribution in [-0.4, -0.2) is 45.6 Å². The van der Waals surface area contributed by atoms with E-state index in [0.29, 0.717) is 28.1 Å². The molecule has 8 heteroatoms. The number of fused-ring (bicyclic) bond motifs is 1. The average Bonchev–Trinajstić information content (AvgIpc) is 2.91. The summed E-state index contributed by atoms with van der Waals surface area (Å²) in [6, 6.07) is 16.1. The first-order chi connectivity index (χ1) is 17.7. The van der Waals surface area contributed by atoms with E-state index >= 15 is 0 Å². The van der Waals surface area contributed by atoms with Crippen molar-refractivity contribution in [1.29, 1.82) is 0 Å². The topological polar surface area (TPSA) is 129 Å². The van der Waals surface area contributed by atoms with Gasteiger partial charge in [-0.2, -0.15) is 0 Å². The fourth-order valence-electron chi connectivity index (χ4n) is 5.29. The number of rotatable bonds is 9. The van der Waals surface area contributed by atoms with Crippen LogP contribution >= 0.6 is 0 Å². The third-order valence-corrected chi connectivity index (χ3v) is 7.40. The number of nitrogens with zero attached hydrogens (tertiary/aromatic N) is 1. The number of amides is 1. The maximum atomic E-state index is 14.0. The van der Waals surface area contributed by atoms with E-state index in [4.69, 9.17) is 4.98 Å². The molecule has 3 aromatic rings. The number of carboxylic acid groups (broad SMARTS) is 2. The van der Waals surface area contributed by atoms with Crippen molar-refractivity contribution in [2.24, 2.45) is 5.92 Å². The molecule has 0 bridgehead atoms. The third kappa shape index (κ3) is 5.49. The van der Waals surface area contributed by atoms with Crippen LogP contribution in [0.15, 0.2) is 54.6 Å². The van der Waals surface area contributed by atoms with Gasteiger partial charge in [0.15, 0.2) is 0 Å². The van der Waals surface area contributed by atoms with Crippen LogP contribution in [0.25, 0.3) is 22.2 Å². The van der Waals surface area contributed by atoms with E-state index < -0.39 is 29.9 Å². The molecule has 1 unspecified atom stereocenters. The summed E-state index contributed by atoms with van der Waals surface area (Å²) in [5.74, 6) is -2.57. The maximum absolute atomic E-state index is 14.0. The zero-order valence-corrected chi connectivity index (χ0v) is 21.2. The van der Waals surface area contributed by atoms with Crippen molar-refractivity contribution in [3.05, 3.63) is 65.7 Å². The van der Waals surface area contributed by atoms with Crippen LogP contribution in [0.4, 0.5) is 0 Å². The zero-order valence-electron chi connectivity index (χ0n) is 21.2. The molecule has 1 aromatic heterocycles. The molecule has 0 aliphatic heterocycles. The second kappa shape index (κ2) is 11.1. The van der Waals surface area contributed by atoms with Gasteiger partial charge in [-0.1, -0.05) is 67.8 Å². The summed E-state index contributed by atoms with van der Waals surface area (Å²) >= 11 is 0. The second-order valence-corrected chi connectivity index (χ2v) is 9.93. The maximum Gasteiger partial charge on any atom is 0.328 e. The van der Waals surface area contributed by atoms with Gasteiger partial charge < -0.3 is 15.5 Å². The molecule has 1 saturated carbocycles. The molecule has 1 heterocycles. The molecule has 1 amide bonds. The highest BCUT2D eigenvalue weighted by molar-refractivity contribution is 6.10. The van der Waals surface area contributed by atoms with Crippen molar-refractivity contribution in [2.75, 3.05) is 6.54 Å². The molecule has 4 rings (SSSR count). The van der Waals surface area contributed by atoms with Crippen LogP contribution < -0.4 is 10.6 Å². The van der Waals surface area contributed by atoms with Gasteiger partial charge in [0.1, 0.15) is 5.54 Å². The minimum absolute atomic E-state index is 0.101. The number of pyridine rings is 1. The summed E-state index contributed by atoms with van der Waals surface area (Å²) in [7, 11) is 0. The van der Waals surface area contributed by atoms with Gasteiger partial charge in [0.05, 0.1) is 23.3 Å². The number of hydrogen-bond acceptors (Lipinski definition) is 5. The molecule has 194 valence electrons. The molecule has 4 N–H and O–H groups in total. The molecule has 1 aliphatic carbocycles. The van der Waals surface area contributed by atoms with Crippen LogP contribution in [-0.2, 0) is 15.1 Å². The molecule has 2 atom stereocenters. The summed E-state index contributed by atoms with van der Waals surface area (Å²) in [5.41, 5.74) is -0.0952. The summed E-state index contributed by atoms with van der Waals surface area (Å²) in [4.78, 5) is 43.1. The molecule has 0 radical (unpaired) electrons. The normalized spacial score (nSPS) is 16.6. The van der Waals surface area contributed by atoms with E-state index in [-0.39, 0.29) is 17.2 Å². The first-order valence-electron chi connectivity index (χ1n) is 12.7. The summed E-state index contributed by atoms with van der Waals surface area (Å²) in [6.07, 6.45) is 5.52. The molecule has 0 spiro atoms. The lowest BCUT2D eigenvalue weighted by Gasteiger charge is -2.32. The molecule has 1 aliphatic rings. The minimum atomic E-state index is -1.92. The smallest absolute Gasteiger partial charge is 0.328 e. The fourth-order valence-corrected chi connectivity index (χ4v) is 5.29. The van der Waals surface area contributed by atoms with Crippen LogP contribution in [0.1, 0.15) is 61.9 Å². The van der Waals surface area contributed by atoms with Gasteiger partial charge in [0.2, 0.25) is 0 Å². The Bertz CT molecular complexity index is 1300. The Kier molecular flexibility index (Phi) is 7.88. The van der Waals surface area contributed by atoms with Gasteiger partial charge in [-0.25, -0.2) is 9.78 Å². The zero-order chi connectivity index (χ0) is 26.6. The summed E-state index contributed by atoms with van der Waals surface area (Å²) in [5, 5.41) is 26.1. The number of carbonyl (C=O) groups is 3. The molecular weight excluding hydrogens is 470 g/mol. The molecule has 0 saturated heterocycles. The lowest BCUT2D eigenvalue weighted by Crippen LogP contribution is -2.50. The second-order valence-electron chi connectivity index (χ2n) is 9.93. The SMILES string of the molecule is C[C@H](NC(=O)c1c(C(C)(NCC(=O)O)C(=O)O)c(-c2ccccc2)nc2ccccc12)C1CCCCC1. The number of hydrogen-bond donors (Lipinski definition) is 4. The molecule has 2 aromatic carbocycles. The van der Waals surface area contributed by atoms with E-state index in [1.54, 1.807) is 30.3 Å². The summed E-state index contributed by atoms with van der Waals surface area (Å²) < 4.78 is 0. The van der Waals surface area contributed by atoms with Crippen LogP contribution in [0.2, 0.25) is 0 Å². The van der Waals surface area contributed by atoms with Gasteiger partial charge in [0.25, 0.3) is 5.91 Å². The molecule has 37 heavy (non-hydrogen) atoms. The number of aliphatic carboxylic acids is 2. The minimum Gasteiger partial charge on any atom is -0.480 e. The fraction of sp³-hybridized carbons (Fsp3) is 0.379. The predicted molar refractivity (Wildman–Crippen MR) is 141 cm³/mol. The monoisotopic (exact) mass is 503 g/mol. The van der Waals surface area contributed by atoms with Crippen LogP contribution in [0.3, 0.4) is 0 Å². The van der Waals surface area contributed by atoms with E-state index in [2.05, 4.69) is 10.6 Å². The largest absolute Gasteiger partial charge is 0.480 e. The van der Waals surface area contributed by atoms with E-state index in [9.17, 15) is 24.6 Å². The molecule has 8 nitrogen and oxygen atoms in total. The van der Waals surface area contributed by atoms with E-state index in [1.165, 1.54) is 13.3 Å². The third-order valence-electron chi connectivity index (χ3n) is 7.40. The number of nitrogens with one attached hydrogen (secondary N) is 2. The Morgan fingerprint density at radius 3 is 2.30 bits per heavy atom. The average molecular weight is 504 g/mol. The number of para-hydroxylation sites is 1. The first kappa shape index (κ1) is 26.3. The number of carboxylic acids is 2. The molecule has 1 fully saturated rings. The van der Waals surface area contributed by atoms with E-state index in [0.717, 1.165) is 25.7 Å². The highest BCUT2D eigenvalue weighted by atomic mass is 16.4. The molecular formula is C29H33N3O5. The van der Waals surface area contributed by atoms with Crippen molar-refractivity contribution in [2.45, 2.75) is 57.5 Å². The number of aromatic nitrogens is 1. The van der Waals surface area contributed by atoms with Crippen molar-refractivity contribution in [3.8, 4) is 11.3 Å². The van der Waals surface area contributed by atoms with Crippen molar-refractivity contribution >= 4 is 28.7 Å². The highest BCUT2D eigenvalue weighted by Gasteiger charge is 2.42. The van der Waals surface area contributed by atoms with Crippen molar-refractivity contribution in [1.82, 2.24) is 15.6 Å². The van der Waals surface area contributed by atoms with E-state index in [1.807, 2.05) is 31.2 Å². The van der Waals surface area contributed by atoms with Crippen LogP contribution in [0.5, 0.6) is 0 Å². The van der Waals surface area contributed by atoms with Gasteiger partial charge in [-0.05, 0) is 38.7 Å². The quantitative estimate of drug-likeness (QED) is 0.337. The lowest BCUT2D eigenvalue weighted by molar-refractivity contribution is -0.145. The van der Waals surface area contributed by atoms with Gasteiger partial charge >= 0.3 is 11.9 Å². The Morgan fingerprint density at radius 2 is 1.65 bits per heavy atom. The number of benzene rings is 2. The predicted octanol–water partition coefficient (Wildman–Crippen LogP) is 4.57. The van der Waals surface area contributed by atoms with Gasteiger partial charge in [-0.3, -0.25) is 14.9 Å². The Balaban J connectivity index is 1.97. The van der Waals surface area contributed by atoms with Gasteiger partial charge in [0, 0.05) is 22.6 Å². The number of carbonyl (C=O) groups excluding carboxylic acids is 1. The summed E-state index contributed by atoms with van der Waals surface area (Å²) in [6.45, 7) is 2.77. The van der Waals surface area contributed by atoms with Gasteiger partial charge in [-0.15, -0.1) is 0 Å². The Labute approximate surface area is 216 Å². The Morgan fingerprint density at radius 1 is 1.00 bits per heavy atom.